The summed E-state index contributed by atoms with van der Waals surface area (Å²) in [6, 6.07) is 6.81. The van der Waals surface area contributed by atoms with E-state index in [2.05, 4.69) is 37.1 Å². The van der Waals surface area contributed by atoms with Crippen LogP contribution in [0.5, 0.6) is 23.0 Å². The number of hydrazone groups is 1. The van der Waals surface area contributed by atoms with Gasteiger partial charge in [-0.25, -0.2) is 19.8 Å². The maximum atomic E-state index is 12.6. The number of esters is 2. The Morgan fingerprint density at radius 2 is 1.70 bits per heavy atom. The Morgan fingerprint density at radius 3 is 2.39 bits per heavy atom. The molecule has 44 heavy (non-hydrogen) atoms. The third-order valence-corrected chi connectivity index (χ3v) is 6.40. The number of rotatable bonds is 14. The fourth-order valence-corrected chi connectivity index (χ4v) is 4.53. The Balaban J connectivity index is 1.70. The van der Waals surface area contributed by atoms with E-state index in [-0.39, 0.29) is 42.6 Å². The van der Waals surface area contributed by atoms with E-state index < -0.39 is 36.5 Å². The highest BCUT2D eigenvalue weighted by atomic mass is 79.9. The molecule has 0 spiro atoms. The molecule has 0 radical (unpaired) electrons. The van der Waals surface area contributed by atoms with Gasteiger partial charge in [0.1, 0.15) is 0 Å². The lowest BCUT2D eigenvalue weighted by molar-refractivity contribution is -0.145. The van der Waals surface area contributed by atoms with Gasteiger partial charge < -0.3 is 39.1 Å². The number of amides is 3. The molecule has 15 heteroatoms. The summed E-state index contributed by atoms with van der Waals surface area (Å²) in [7, 11) is 2.86. The summed E-state index contributed by atoms with van der Waals surface area (Å²) >= 11 is 3.37. The SMILES string of the molecule is CCOC(=O)COc1c(/C=N/NC(=O)COc2ccc([C@H]3NC(=O)NC(C)=C3C(=O)OCC)cc2OC)cc(Br)cc1OC. The van der Waals surface area contributed by atoms with Crippen LogP contribution in [0.4, 0.5) is 4.79 Å². The van der Waals surface area contributed by atoms with Gasteiger partial charge in [-0.2, -0.15) is 5.10 Å². The van der Waals surface area contributed by atoms with Crippen LogP contribution in [0, 0.1) is 0 Å². The van der Waals surface area contributed by atoms with Gasteiger partial charge in [0.25, 0.3) is 5.91 Å². The van der Waals surface area contributed by atoms with Crippen molar-refractivity contribution in [3.05, 3.63) is 57.2 Å². The van der Waals surface area contributed by atoms with Gasteiger partial charge in [0.2, 0.25) is 0 Å². The summed E-state index contributed by atoms with van der Waals surface area (Å²) in [5.41, 5.74) is 3.92. The number of ether oxygens (including phenoxy) is 6. The molecule has 236 valence electrons. The minimum absolute atomic E-state index is 0.167. The number of urea groups is 1. The summed E-state index contributed by atoms with van der Waals surface area (Å²) < 4.78 is 32.7. The molecule has 14 nitrogen and oxygen atoms in total. The van der Waals surface area contributed by atoms with E-state index in [4.69, 9.17) is 28.4 Å². The van der Waals surface area contributed by atoms with Crippen molar-refractivity contribution in [3.8, 4) is 23.0 Å². The molecule has 1 aliphatic rings. The predicted molar refractivity (Wildman–Crippen MR) is 161 cm³/mol. The molecule has 2 aromatic carbocycles. The van der Waals surface area contributed by atoms with E-state index in [9.17, 15) is 19.2 Å². The molecule has 0 aromatic heterocycles. The molecule has 1 atom stereocenters. The summed E-state index contributed by atoms with van der Waals surface area (Å²) in [6.45, 7) is 4.59. The Kier molecular flexibility index (Phi) is 12.4. The molecule has 1 aliphatic heterocycles. The smallest absolute Gasteiger partial charge is 0.344 e. The van der Waals surface area contributed by atoms with Crippen LogP contribution >= 0.6 is 15.9 Å². The Labute approximate surface area is 262 Å². The topological polar surface area (TPSA) is 172 Å². The van der Waals surface area contributed by atoms with Crippen molar-refractivity contribution in [1.29, 1.82) is 0 Å². The first kappa shape index (κ1) is 33.7. The Bertz CT molecular complexity index is 1460. The highest BCUT2D eigenvalue weighted by Crippen LogP contribution is 2.35. The normalized spacial score (nSPS) is 14.3. The zero-order valence-electron chi connectivity index (χ0n) is 24.8. The molecule has 3 N–H and O–H groups in total. The van der Waals surface area contributed by atoms with E-state index in [1.54, 1.807) is 51.1 Å². The van der Waals surface area contributed by atoms with Crippen molar-refractivity contribution >= 4 is 46.0 Å². The second-order valence-corrected chi connectivity index (χ2v) is 9.82. The first-order valence-electron chi connectivity index (χ1n) is 13.4. The van der Waals surface area contributed by atoms with Gasteiger partial charge in [0, 0.05) is 15.7 Å². The number of carbonyl (C=O) groups excluding carboxylic acids is 4. The third kappa shape index (κ3) is 8.86. The second-order valence-electron chi connectivity index (χ2n) is 8.90. The maximum Gasteiger partial charge on any atom is 0.344 e. The first-order valence-corrected chi connectivity index (χ1v) is 14.1. The largest absolute Gasteiger partial charge is 0.493 e. The van der Waals surface area contributed by atoms with Crippen LogP contribution in [-0.4, -0.2) is 70.7 Å². The van der Waals surface area contributed by atoms with Crippen LogP contribution < -0.4 is 35.0 Å². The van der Waals surface area contributed by atoms with Gasteiger partial charge in [-0.15, -0.1) is 0 Å². The molecule has 2 aromatic rings. The molecule has 0 saturated carbocycles. The zero-order valence-corrected chi connectivity index (χ0v) is 26.4. The molecular weight excluding hydrogens is 644 g/mol. The average Bonchev–Trinajstić information content (AvgIpc) is 2.98. The van der Waals surface area contributed by atoms with E-state index in [1.807, 2.05) is 0 Å². The number of methoxy groups -OCH3 is 2. The first-order chi connectivity index (χ1) is 21.1. The van der Waals surface area contributed by atoms with Gasteiger partial charge in [-0.05, 0) is 50.6 Å². The van der Waals surface area contributed by atoms with E-state index in [0.717, 1.165) is 0 Å². The van der Waals surface area contributed by atoms with Crippen molar-refractivity contribution in [3.63, 3.8) is 0 Å². The average molecular weight is 678 g/mol. The van der Waals surface area contributed by atoms with Crippen LogP contribution in [0.1, 0.15) is 37.9 Å². The lowest BCUT2D eigenvalue weighted by Gasteiger charge is -2.28. The van der Waals surface area contributed by atoms with Crippen LogP contribution in [0.15, 0.2) is 51.2 Å². The monoisotopic (exact) mass is 676 g/mol. The Morgan fingerprint density at radius 1 is 0.977 bits per heavy atom. The number of nitrogens with zero attached hydrogens (tertiary/aromatic N) is 1. The van der Waals surface area contributed by atoms with Crippen LogP contribution in [0.2, 0.25) is 0 Å². The second kappa shape index (κ2) is 16.2. The number of hydrogen-bond donors (Lipinski definition) is 3. The van der Waals surface area contributed by atoms with Crippen molar-refractivity contribution < 1.29 is 47.6 Å². The van der Waals surface area contributed by atoms with E-state index in [1.165, 1.54) is 20.4 Å². The zero-order chi connectivity index (χ0) is 32.2. The third-order valence-electron chi connectivity index (χ3n) is 5.95. The van der Waals surface area contributed by atoms with Crippen molar-refractivity contribution in [2.24, 2.45) is 5.10 Å². The summed E-state index contributed by atoms with van der Waals surface area (Å²) in [4.78, 5) is 49.0. The molecule has 0 fully saturated rings. The minimum atomic E-state index is -0.800. The molecule has 3 rings (SSSR count). The van der Waals surface area contributed by atoms with Gasteiger partial charge in [-0.3, -0.25) is 4.79 Å². The lowest BCUT2D eigenvalue weighted by Crippen LogP contribution is -2.45. The van der Waals surface area contributed by atoms with Gasteiger partial charge in [-0.1, -0.05) is 22.0 Å². The molecule has 3 amide bonds. The number of halogens is 1. The molecular formula is C29H33BrN4O10. The number of allylic oxidation sites excluding steroid dienone is 1. The fraction of sp³-hybridized carbons (Fsp3) is 0.345. The molecule has 0 unspecified atom stereocenters. The number of carbonyl (C=O) groups is 4. The van der Waals surface area contributed by atoms with E-state index in [0.29, 0.717) is 27.0 Å². The van der Waals surface area contributed by atoms with E-state index >= 15 is 0 Å². The highest BCUT2D eigenvalue weighted by Gasteiger charge is 2.32. The summed E-state index contributed by atoms with van der Waals surface area (Å²) in [6.07, 6.45) is 1.32. The lowest BCUT2D eigenvalue weighted by atomic mass is 9.95. The Hall–Kier alpha value is -4.79. The quantitative estimate of drug-likeness (QED) is 0.153. The molecule has 0 saturated heterocycles. The maximum absolute atomic E-state index is 12.6. The van der Waals surface area contributed by atoms with Crippen LogP contribution in [0.25, 0.3) is 0 Å². The fourth-order valence-electron chi connectivity index (χ4n) is 4.08. The molecule has 0 aliphatic carbocycles. The van der Waals surface area contributed by atoms with Gasteiger partial charge >= 0.3 is 18.0 Å². The standard InChI is InChI=1S/C29H33BrN4O10/c1-6-41-24(36)15-44-27-18(10-19(30)12-22(27)40-5)13-31-34-23(35)14-43-20-9-8-17(11-21(20)39-4)26-25(28(37)42-7-2)16(3)32-29(38)33-26/h8-13,26H,6-7,14-15H2,1-5H3,(H,34,35)(H2,32,33,38)/b31-13+/t26-/m1/s1. The summed E-state index contributed by atoms with van der Waals surface area (Å²) in [5.74, 6) is -0.656. The summed E-state index contributed by atoms with van der Waals surface area (Å²) in [5, 5.41) is 9.26. The minimum Gasteiger partial charge on any atom is -0.493 e. The van der Waals surface area contributed by atoms with Crippen molar-refractivity contribution in [1.82, 2.24) is 16.1 Å². The number of benzene rings is 2. The molecule has 0 bridgehead atoms. The highest BCUT2D eigenvalue weighted by molar-refractivity contribution is 9.10. The molecule has 1 heterocycles. The van der Waals surface area contributed by atoms with Crippen LogP contribution in [-0.2, 0) is 23.9 Å². The van der Waals surface area contributed by atoms with Gasteiger partial charge in [0.05, 0.1) is 45.3 Å². The van der Waals surface area contributed by atoms with Crippen molar-refractivity contribution in [2.75, 3.05) is 40.6 Å². The van der Waals surface area contributed by atoms with Crippen LogP contribution in [0.3, 0.4) is 0 Å². The number of nitrogens with one attached hydrogen (secondary N) is 3. The number of hydrogen-bond acceptors (Lipinski definition) is 11. The van der Waals surface area contributed by atoms with Gasteiger partial charge in [0.15, 0.2) is 36.2 Å². The predicted octanol–water partition coefficient (Wildman–Crippen LogP) is 3.13. The van der Waals surface area contributed by atoms with Crippen molar-refractivity contribution in [2.45, 2.75) is 26.8 Å².